The summed E-state index contributed by atoms with van der Waals surface area (Å²) in [6, 6.07) is 1.94. The number of nitrogens with one attached hydrogen (secondary N) is 1. The average molecular weight is 254 g/mol. The maximum absolute atomic E-state index is 3.81. The van der Waals surface area contributed by atoms with E-state index in [2.05, 4.69) is 58.7 Å². The maximum atomic E-state index is 3.81. The van der Waals surface area contributed by atoms with Crippen LogP contribution in [0.2, 0.25) is 0 Å². The summed E-state index contributed by atoms with van der Waals surface area (Å²) in [6.45, 7) is 18.9. The van der Waals surface area contributed by atoms with Crippen LogP contribution in [0.5, 0.6) is 0 Å². The van der Waals surface area contributed by atoms with Crippen LogP contribution >= 0.6 is 0 Å². The molecule has 0 bridgehead atoms. The van der Waals surface area contributed by atoms with E-state index in [1.165, 1.54) is 25.9 Å². The molecule has 0 radical (unpaired) electrons. The van der Waals surface area contributed by atoms with Crippen LogP contribution in [0.25, 0.3) is 0 Å². The van der Waals surface area contributed by atoms with Gasteiger partial charge in [-0.25, -0.2) is 0 Å². The third-order valence-electron chi connectivity index (χ3n) is 4.27. The van der Waals surface area contributed by atoms with Crippen LogP contribution in [0.4, 0.5) is 0 Å². The topological polar surface area (TPSA) is 15.3 Å². The highest BCUT2D eigenvalue weighted by Crippen LogP contribution is 2.34. The quantitative estimate of drug-likeness (QED) is 0.829. The Balaban J connectivity index is 2.83. The largest absolute Gasteiger partial charge is 0.311 e. The number of hydrogen-bond acceptors (Lipinski definition) is 2. The van der Waals surface area contributed by atoms with Gasteiger partial charge in [0.2, 0.25) is 0 Å². The van der Waals surface area contributed by atoms with Gasteiger partial charge in [0.15, 0.2) is 0 Å². The molecule has 0 spiro atoms. The second-order valence-corrected chi connectivity index (χ2v) is 7.63. The summed E-state index contributed by atoms with van der Waals surface area (Å²) in [5.74, 6) is 0.741. The molecule has 18 heavy (non-hydrogen) atoms. The molecule has 1 aliphatic heterocycles. The van der Waals surface area contributed by atoms with Crippen LogP contribution in [0.1, 0.15) is 61.3 Å². The van der Waals surface area contributed by atoms with Crippen molar-refractivity contribution in [3.8, 4) is 0 Å². The van der Waals surface area contributed by atoms with Gasteiger partial charge in [-0.1, -0.05) is 34.6 Å². The normalized spacial score (nSPS) is 27.8. The highest BCUT2D eigenvalue weighted by molar-refractivity contribution is 4.91. The predicted molar refractivity (Wildman–Crippen MR) is 80.9 cm³/mol. The SMILES string of the molecule is CC(C)NC1CCCN(C(C)C)CC1C(C)(C)C. The lowest BCUT2D eigenvalue weighted by Gasteiger charge is -2.40. The molecule has 2 atom stereocenters. The van der Waals surface area contributed by atoms with Gasteiger partial charge in [-0.3, -0.25) is 0 Å². The van der Waals surface area contributed by atoms with Crippen LogP contribution < -0.4 is 5.32 Å². The molecule has 1 saturated heterocycles. The second kappa shape index (κ2) is 6.38. The molecule has 1 heterocycles. The van der Waals surface area contributed by atoms with E-state index in [9.17, 15) is 0 Å². The molecule has 2 unspecified atom stereocenters. The van der Waals surface area contributed by atoms with Gasteiger partial charge in [0, 0.05) is 24.7 Å². The van der Waals surface area contributed by atoms with Crippen molar-refractivity contribution in [2.24, 2.45) is 11.3 Å². The van der Waals surface area contributed by atoms with E-state index < -0.39 is 0 Å². The van der Waals surface area contributed by atoms with Gasteiger partial charge in [-0.05, 0) is 44.6 Å². The van der Waals surface area contributed by atoms with Crippen LogP contribution in [-0.4, -0.2) is 36.1 Å². The Morgan fingerprint density at radius 1 is 1.11 bits per heavy atom. The molecule has 0 aromatic heterocycles. The highest BCUT2D eigenvalue weighted by atomic mass is 15.2. The van der Waals surface area contributed by atoms with E-state index in [4.69, 9.17) is 0 Å². The standard InChI is InChI=1S/C16H34N2/c1-12(2)17-15-9-8-10-18(13(3)4)11-14(15)16(5,6)7/h12-15,17H,8-11H2,1-7H3. The fourth-order valence-electron chi connectivity index (χ4n) is 3.16. The molecule has 108 valence electrons. The summed E-state index contributed by atoms with van der Waals surface area (Å²) in [6.07, 6.45) is 2.65. The average Bonchev–Trinajstić information content (AvgIpc) is 2.38. The molecule has 1 fully saturated rings. The van der Waals surface area contributed by atoms with Crippen LogP contribution in [0.3, 0.4) is 0 Å². The minimum Gasteiger partial charge on any atom is -0.311 e. The molecule has 0 saturated carbocycles. The third kappa shape index (κ3) is 4.55. The van der Waals surface area contributed by atoms with Crippen LogP contribution in [-0.2, 0) is 0 Å². The number of likely N-dealkylation sites (tertiary alicyclic amines) is 1. The van der Waals surface area contributed by atoms with Gasteiger partial charge in [-0.2, -0.15) is 0 Å². The molecule has 0 aliphatic carbocycles. The van der Waals surface area contributed by atoms with E-state index in [0.29, 0.717) is 23.5 Å². The predicted octanol–water partition coefficient (Wildman–Crippen LogP) is 3.52. The van der Waals surface area contributed by atoms with Crippen molar-refractivity contribution in [3.05, 3.63) is 0 Å². The van der Waals surface area contributed by atoms with Crippen molar-refractivity contribution < 1.29 is 0 Å². The summed E-state index contributed by atoms with van der Waals surface area (Å²) in [4.78, 5) is 2.66. The first-order chi connectivity index (χ1) is 8.21. The van der Waals surface area contributed by atoms with Gasteiger partial charge in [0.25, 0.3) is 0 Å². The lowest BCUT2D eigenvalue weighted by Crippen LogP contribution is -2.48. The molecule has 2 heteroatoms. The van der Waals surface area contributed by atoms with E-state index >= 15 is 0 Å². The van der Waals surface area contributed by atoms with Gasteiger partial charge in [0.05, 0.1) is 0 Å². The summed E-state index contributed by atoms with van der Waals surface area (Å²) >= 11 is 0. The monoisotopic (exact) mass is 254 g/mol. The van der Waals surface area contributed by atoms with Gasteiger partial charge in [0.1, 0.15) is 0 Å². The molecule has 1 N–H and O–H groups in total. The minimum atomic E-state index is 0.379. The first kappa shape index (κ1) is 16.0. The fraction of sp³-hybridized carbons (Fsp3) is 1.00. The van der Waals surface area contributed by atoms with Crippen molar-refractivity contribution in [3.63, 3.8) is 0 Å². The van der Waals surface area contributed by atoms with Crippen molar-refractivity contribution in [2.45, 2.75) is 79.4 Å². The Labute approximate surface area is 115 Å². The Bertz CT molecular complexity index is 240. The van der Waals surface area contributed by atoms with Gasteiger partial charge in [-0.15, -0.1) is 0 Å². The van der Waals surface area contributed by atoms with E-state index in [1.807, 2.05) is 0 Å². The van der Waals surface area contributed by atoms with Gasteiger partial charge >= 0.3 is 0 Å². The zero-order valence-corrected chi connectivity index (χ0v) is 13.6. The van der Waals surface area contributed by atoms with E-state index in [-0.39, 0.29) is 0 Å². The van der Waals surface area contributed by atoms with Crippen molar-refractivity contribution in [1.82, 2.24) is 10.2 Å². The molecule has 1 rings (SSSR count). The second-order valence-electron chi connectivity index (χ2n) is 7.63. The van der Waals surface area contributed by atoms with Crippen LogP contribution in [0, 0.1) is 11.3 Å². The lowest BCUT2D eigenvalue weighted by molar-refractivity contribution is 0.113. The molecular formula is C16H34N2. The highest BCUT2D eigenvalue weighted by Gasteiger charge is 2.35. The Kier molecular flexibility index (Phi) is 5.67. The summed E-state index contributed by atoms with van der Waals surface area (Å²) < 4.78 is 0. The Morgan fingerprint density at radius 3 is 2.17 bits per heavy atom. The molecular weight excluding hydrogens is 220 g/mol. The number of nitrogens with zero attached hydrogens (tertiary/aromatic N) is 1. The number of hydrogen-bond donors (Lipinski definition) is 1. The molecule has 0 aromatic rings. The Hall–Kier alpha value is -0.0800. The summed E-state index contributed by atoms with van der Waals surface area (Å²) in [7, 11) is 0. The van der Waals surface area contributed by atoms with Crippen molar-refractivity contribution >= 4 is 0 Å². The van der Waals surface area contributed by atoms with Gasteiger partial charge < -0.3 is 10.2 Å². The van der Waals surface area contributed by atoms with Crippen molar-refractivity contribution in [2.75, 3.05) is 13.1 Å². The first-order valence-electron chi connectivity index (χ1n) is 7.72. The van der Waals surface area contributed by atoms with Crippen LogP contribution in [0.15, 0.2) is 0 Å². The minimum absolute atomic E-state index is 0.379. The first-order valence-corrected chi connectivity index (χ1v) is 7.72. The number of rotatable bonds is 3. The van der Waals surface area contributed by atoms with E-state index in [0.717, 1.165) is 5.92 Å². The molecule has 0 amide bonds. The van der Waals surface area contributed by atoms with E-state index in [1.54, 1.807) is 0 Å². The summed E-state index contributed by atoms with van der Waals surface area (Å²) in [5.41, 5.74) is 0.379. The Morgan fingerprint density at radius 2 is 1.72 bits per heavy atom. The van der Waals surface area contributed by atoms with Crippen molar-refractivity contribution in [1.29, 1.82) is 0 Å². The molecule has 2 nitrogen and oxygen atoms in total. The fourth-order valence-corrected chi connectivity index (χ4v) is 3.16. The zero-order valence-electron chi connectivity index (χ0n) is 13.6. The zero-order chi connectivity index (χ0) is 13.9. The summed E-state index contributed by atoms with van der Waals surface area (Å²) in [5, 5.41) is 3.81. The lowest BCUT2D eigenvalue weighted by atomic mass is 9.75. The third-order valence-corrected chi connectivity index (χ3v) is 4.27. The molecule has 0 aromatic carbocycles. The smallest absolute Gasteiger partial charge is 0.0115 e. The molecule has 1 aliphatic rings. The maximum Gasteiger partial charge on any atom is 0.0115 e.